The molecule has 0 amide bonds. The molecule has 0 saturated carbocycles. The Hall–Kier alpha value is -0.290. The SMILES string of the molecule is COS(=O)(=O)O.OCCN(CO)CO. The first-order valence-corrected chi connectivity index (χ1v) is 4.85. The van der Waals surface area contributed by atoms with Gasteiger partial charge in [0.2, 0.25) is 0 Å². The zero-order chi connectivity index (χ0) is 11.6. The van der Waals surface area contributed by atoms with Gasteiger partial charge in [-0.1, -0.05) is 0 Å². The normalized spacial score (nSPS) is 11.0. The summed E-state index contributed by atoms with van der Waals surface area (Å²) in [7, 11) is -3.29. The first kappa shape index (κ1) is 16.2. The highest BCUT2D eigenvalue weighted by Gasteiger charge is 1.96. The van der Waals surface area contributed by atoms with Gasteiger partial charge in [-0.05, 0) is 0 Å². The smallest absolute Gasteiger partial charge is 0.395 e. The van der Waals surface area contributed by atoms with Crippen LogP contribution >= 0.6 is 0 Å². The van der Waals surface area contributed by atoms with Gasteiger partial charge in [0.05, 0.1) is 27.2 Å². The van der Waals surface area contributed by atoms with Crippen LogP contribution in [0.2, 0.25) is 0 Å². The molecule has 0 spiro atoms. The summed E-state index contributed by atoms with van der Waals surface area (Å²) in [5.74, 6) is 0. The maximum atomic E-state index is 9.33. The molecular weight excluding hydrogens is 218 g/mol. The third-order valence-electron chi connectivity index (χ3n) is 1.03. The van der Waals surface area contributed by atoms with Gasteiger partial charge in [-0.3, -0.25) is 13.6 Å². The molecule has 8 nitrogen and oxygen atoms in total. The molecule has 0 aromatic rings. The Balaban J connectivity index is 0. The summed E-state index contributed by atoms with van der Waals surface area (Å²) < 4.78 is 29.7. The quantitative estimate of drug-likeness (QED) is 0.306. The van der Waals surface area contributed by atoms with Crippen molar-refractivity contribution in [2.45, 2.75) is 0 Å². The zero-order valence-electron chi connectivity index (χ0n) is 7.70. The van der Waals surface area contributed by atoms with Crippen LogP contribution in [0.15, 0.2) is 0 Å². The van der Waals surface area contributed by atoms with Crippen LogP contribution in [0, 0.1) is 0 Å². The molecule has 0 heterocycles. The van der Waals surface area contributed by atoms with E-state index >= 15 is 0 Å². The van der Waals surface area contributed by atoms with Crippen LogP contribution in [0.25, 0.3) is 0 Å². The third-order valence-corrected chi connectivity index (χ3v) is 1.45. The van der Waals surface area contributed by atoms with Crippen LogP contribution in [0.4, 0.5) is 0 Å². The first-order valence-electron chi connectivity index (χ1n) is 3.49. The van der Waals surface area contributed by atoms with E-state index in [0.29, 0.717) is 6.54 Å². The Kier molecular flexibility index (Phi) is 10.7. The van der Waals surface area contributed by atoms with Crippen molar-refractivity contribution in [1.82, 2.24) is 4.90 Å². The number of nitrogens with zero attached hydrogens (tertiary/aromatic N) is 1. The maximum Gasteiger partial charge on any atom is 0.397 e. The molecule has 0 atom stereocenters. The minimum absolute atomic E-state index is 0.0406. The van der Waals surface area contributed by atoms with Crippen molar-refractivity contribution in [1.29, 1.82) is 0 Å². The van der Waals surface area contributed by atoms with Crippen LogP contribution in [-0.2, 0) is 14.6 Å². The van der Waals surface area contributed by atoms with E-state index in [-0.39, 0.29) is 20.1 Å². The van der Waals surface area contributed by atoms with Crippen LogP contribution < -0.4 is 0 Å². The fraction of sp³-hybridized carbons (Fsp3) is 1.00. The molecule has 0 aliphatic carbocycles. The molecule has 0 bridgehead atoms. The molecular formula is C5H15NO7S. The molecule has 0 radical (unpaired) electrons. The van der Waals surface area contributed by atoms with Gasteiger partial charge in [-0.2, -0.15) is 8.42 Å². The molecule has 0 aromatic heterocycles. The largest absolute Gasteiger partial charge is 0.397 e. The van der Waals surface area contributed by atoms with Crippen LogP contribution in [0.1, 0.15) is 0 Å². The van der Waals surface area contributed by atoms with Crippen molar-refractivity contribution in [3.05, 3.63) is 0 Å². The summed E-state index contributed by atoms with van der Waals surface area (Å²) in [6, 6.07) is 0. The average molecular weight is 233 g/mol. The highest BCUT2D eigenvalue weighted by atomic mass is 32.3. The molecule has 0 rings (SSSR count). The second kappa shape index (κ2) is 9.27. The summed E-state index contributed by atoms with van der Waals surface area (Å²) in [4.78, 5) is 1.29. The Bertz CT molecular complexity index is 200. The third kappa shape index (κ3) is 14.2. The summed E-state index contributed by atoms with van der Waals surface area (Å²) in [6.45, 7) is -0.151. The summed E-state index contributed by atoms with van der Waals surface area (Å²) in [6.07, 6.45) is 0. The van der Waals surface area contributed by atoms with Crippen molar-refractivity contribution < 1.29 is 32.5 Å². The van der Waals surface area contributed by atoms with Gasteiger partial charge in [-0.25, -0.2) is 0 Å². The predicted molar refractivity (Wildman–Crippen MR) is 46.5 cm³/mol. The first-order chi connectivity index (χ1) is 6.41. The number of rotatable bonds is 5. The second-order valence-corrected chi connectivity index (χ2v) is 3.18. The van der Waals surface area contributed by atoms with Crippen molar-refractivity contribution in [3.63, 3.8) is 0 Å². The molecule has 0 unspecified atom stereocenters. The fourth-order valence-electron chi connectivity index (χ4n) is 0.328. The van der Waals surface area contributed by atoms with Crippen LogP contribution in [-0.4, -0.2) is 66.9 Å². The lowest BCUT2D eigenvalue weighted by atomic mass is 10.6. The minimum atomic E-state index is -4.16. The van der Waals surface area contributed by atoms with Crippen LogP contribution in [0.3, 0.4) is 0 Å². The van der Waals surface area contributed by atoms with Crippen molar-refractivity contribution >= 4 is 10.4 Å². The highest BCUT2D eigenvalue weighted by molar-refractivity contribution is 7.80. The van der Waals surface area contributed by atoms with Crippen molar-refractivity contribution in [3.8, 4) is 0 Å². The molecule has 88 valence electrons. The van der Waals surface area contributed by atoms with E-state index in [1.54, 1.807) is 0 Å². The average Bonchev–Trinajstić information content (AvgIpc) is 2.14. The van der Waals surface area contributed by atoms with Gasteiger partial charge in [0.25, 0.3) is 0 Å². The lowest BCUT2D eigenvalue weighted by molar-refractivity contribution is 0.0184. The number of hydrogen-bond donors (Lipinski definition) is 4. The maximum absolute atomic E-state index is 9.33. The van der Waals surface area contributed by atoms with Gasteiger partial charge < -0.3 is 15.3 Å². The number of aliphatic hydroxyl groups excluding tert-OH is 3. The Morgan fingerprint density at radius 3 is 1.64 bits per heavy atom. The van der Waals surface area contributed by atoms with Gasteiger partial charge in [-0.15, -0.1) is 0 Å². The zero-order valence-corrected chi connectivity index (χ0v) is 8.51. The van der Waals surface area contributed by atoms with Crippen molar-refractivity contribution in [2.24, 2.45) is 0 Å². The molecule has 0 fully saturated rings. The minimum Gasteiger partial charge on any atom is -0.395 e. The standard InChI is InChI=1S/C4H11NO3.CH4O4S/c6-2-1-5(3-7)4-8;1-5-6(2,3)4/h6-8H,1-4H2;1H3,(H,2,3,4). The Morgan fingerprint density at radius 1 is 1.21 bits per heavy atom. The second-order valence-electron chi connectivity index (χ2n) is 2.00. The van der Waals surface area contributed by atoms with Crippen LogP contribution in [0.5, 0.6) is 0 Å². The molecule has 4 N–H and O–H groups in total. The Morgan fingerprint density at radius 2 is 1.57 bits per heavy atom. The number of hydrogen-bond acceptors (Lipinski definition) is 7. The molecule has 9 heteroatoms. The Labute approximate surface area is 82.3 Å². The van der Waals surface area contributed by atoms with E-state index in [9.17, 15) is 8.42 Å². The van der Waals surface area contributed by atoms with Gasteiger partial charge in [0, 0.05) is 6.54 Å². The topological polar surface area (TPSA) is 128 Å². The van der Waals surface area contributed by atoms with Gasteiger partial charge in [0.15, 0.2) is 0 Å². The van der Waals surface area contributed by atoms with E-state index in [4.69, 9.17) is 19.9 Å². The molecule has 0 aromatic carbocycles. The summed E-state index contributed by atoms with van der Waals surface area (Å²) >= 11 is 0. The molecule has 0 aliphatic rings. The van der Waals surface area contributed by atoms with E-state index in [1.807, 2.05) is 0 Å². The van der Waals surface area contributed by atoms with Gasteiger partial charge >= 0.3 is 10.4 Å². The van der Waals surface area contributed by atoms with E-state index in [1.165, 1.54) is 4.90 Å². The molecule has 0 aliphatic heterocycles. The summed E-state index contributed by atoms with van der Waals surface area (Å²) in [5, 5.41) is 24.9. The van der Waals surface area contributed by atoms with E-state index in [2.05, 4.69) is 4.18 Å². The van der Waals surface area contributed by atoms with Gasteiger partial charge in [0.1, 0.15) is 0 Å². The van der Waals surface area contributed by atoms with Crippen molar-refractivity contribution in [2.75, 3.05) is 33.7 Å². The fourth-order valence-corrected chi connectivity index (χ4v) is 0.328. The number of aliphatic hydroxyl groups is 3. The predicted octanol–water partition coefficient (Wildman–Crippen LogP) is -2.38. The molecule has 14 heavy (non-hydrogen) atoms. The monoisotopic (exact) mass is 233 g/mol. The van der Waals surface area contributed by atoms with E-state index < -0.39 is 10.4 Å². The lowest BCUT2D eigenvalue weighted by Crippen LogP contribution is -2.28. The highest BCUT2D eigenvalue weighted by Crippen LogP contribution is 1.78. The van der Waals surface area contributed by atoms with E-state index in [0.717, 1.165) is 7.11 Å². The summed E-state index contributed by atoms with van der Waals surface area (Å²) in [5.41, 5.74) is 0. The lowest BCUT2D eigenvalue weighted by Gasteiger charge is -2.12. The molecule has 0 saturated heterocycles.